The van der Waals surface area contributed by atoms with Gasteiger partial charge >= 0.3 is 11.9 Å². The Hall–Kier alpha value is -4.54. The molecule has 0 saturated heterocycles. The summed E-state index contributed by atoms with van der Waals surface area (Å²) in [6.07, 6.45) is -0.517. The number of aliphatic carboxylic acids is 2. The number of aromatic amines is 2. The van der Waals surface area contributed by atoms with E-state index in [-0.39, 0.29) is 25.4 Å². The summed E-state index contributed by atoms with van der Waals surface area (Å²) < 4.78 is 5.75. The molecule has 0 spiro atoms. The molecular weight excluding hydrogens is 572 g/mol. The average Bonchev–Trinajstić information content (AvgIpc) is 3.63. The first-order valence-electron chi connectivity index (χ1n) is 15.1. The number of aromatic nitrogens is 4. The Morgan fingerprint density at radius 2 is 1.33 bits per heavy atom. The Morgan fingerprint density at radius 1 is 0.756 bits per heavy atom. The van der Waals surface area contributed by atoms with Crippen LogP contribution in [-0.2, 0) is 20.7 Å². The Balaban J connectivity index is 1.96. The number of aliphatic hydroxyl groups excluding tert-OH is 1. The van der Waals surface area contributed by atoms with Crippen LogP contribution in [0.5, 0.6) is 0 Å². The third-order valence-electron chi connectivity index (χ3n) is 8.99. The van der Waals surface area contributed by atoms with Crippen LogP contribution >= 0.6 is 0 Å². The Kier molecular flexibility index (Phi) is 8.82. The van der Waals surface area contributed by atoms with Crippen molar-refractivity contribution < 1.29 is 29.6 Å². The number of H-pyrrole nitrogens is 2. The number of carboxylic acid groups (broad SMARTS) is 2. The van der Waals surface area contributed by atoms with E-state index in [0.717, 1.165) is 72.5 Å². The van der Waals surface area contributed by atoms with Crippen LogP contribution in [0, 0.1) is 13.8 Å². The smallest absolute Gasteiger partial charge is 0.303 e. The second-order valence-electron chi connectivity index (χ2n) is 11.9. The number of fused-ring (bicyclic) bond motifs is 8. The van der Waals surface area contributed by atoms with Gasteiger partial charge in [-0.15, -0.1) is 0 Å². The van der Waals surface area contributed by atoms with Crippen LogP contribution in [0.2, 0.25) is 0 Å². The lowest BCUT2D eigenvalue weighted by molar-refractivity contribution is -0.137. The van der Waals surface area contributed by atoms with E-state index in [0.29, 0.717) is 23.3 Å². The third-order valence-corrected chi connectivity index (χ3v) is 8.99. The lowest BCUT2D eigenvalue weighted by atomic mass is 9.99. The minimum Gasteiger partial charge on any atom is -0.481 e. The highest BCUT2D eigenvalue weighted by atomic mass is 16.5. The molecule has 2 unspecified atom stereocenters. The van der Waals surface area contributed by atoms with Gasteiger partial charge in [0.2, 0.25) is 0 Å². The van der Waals surface area contributed by atoms with Crippen molar-refractivity contribution >= 4 is 56.3 Å². The molecule has 2 atom stereocenters. The number of aryl methyl sites for hydroxylation is 3. The minimum atomic E-state index is -0.901. The lowest BCUT2D eigenvalue weighted by Gasteiger charge is -2.12. The highest BCUT2D eigenvalue weighted by Gasteiger charge is 2.25. The molecule has 0 fully saturated rings. The summed E-state index contributed by atoms with van der Waals surface area (Å²) in [5, 5.41) is 29.8. The molecule has 0 amide bonds. The molecule has 236 valence electrons. The van der Waals surface area contributed by atoms with Gasteiger partial charge in [0.25, 0.3) is 0 Å². The van der Waals surface area contributed by atoms with Crippen LogP contribution in [0.4, 0.5) is 0 Å². The number of carboxylic acids is 2. The number of aliphatic hydroxyl groups is 1. The summed E-state index contributed by atoms with van der Waals surface area (Å²) in [6, 6.07) is 7.74. The molecular formula is C35H40N4O6. The minimum absolute atomic E-state index is 0.0523. The monoisotopic (exact) mass is 612 g/mol. The molecule has 10 nitrogen and oxygen atoms in total. The summed E-state index contributed by atoms with van der Waals surface area (Å²) in [5.74, 6) is -1.80. The summed E-state index contributed by atoms with van der Waals surface area (Å²) >= 11 is 0. The fourth-order valence-corrected chi connectivity index (χ4v) is 6.42. The van der Waals surface area contributed by atoms with Crippen molar-refractivity contribution in [3.05, 3.63) is 69.3 Å². The van der Waals surface area contributed by atoms with Crippen LogP contribution in [0.1, 0.15) is 98.1 Å². The van der Waals surface area contributed by atoms with Crippen LogP contribution < -0.4 is 0 Å². The topological polar surface area (TPSA) is 161 Å². The number of nitrogens with zero attached hydrogens (tertiary/aromatic N) is 2. The maximum atomic E-state index is 11.6. The Labute approximate surface area is 261 Å². The molecule has 5 rings (SSSR count). The zero-order chi connectivity index (χ0) is 32.7. The SMILES string of the molecule is COC(C)C1=C(C)c2cc3nc(cc4[nH]c(cc5[nH]c(cc1n2)c(C)c5C(C)O)c(C)c4CCC(=O)O)C(CCC(=O)O)=C3C. The molecule has 3 aromatic heterocycles. The van der Waals surface area contributed by atoms with Crippen molar-refractivity contribution in [3.8, 4) is 0 Å². The zero-order valence-corrected chi connectivity index (χ0v) is 26.8. The molecule has 5 N–H and O–H groups in total. The first kappa shape index (κ1) is 31.9. The molecule has 2 aliphatic rings. The number of hydrogen-bond acceptors (Lipinski definition) is 6. The van der Waals surface area contributed by atoms with Crippen LogP contribution in [0.15, 0.2) is 24.3 Å². The lowest BCUT2D eigenvalue weighted by Crippen LogP contribution is -2.07. The maximum absolute atomic E-state index is 11.6. The van der Waals surface area contributed by atoms with Crippen molar-refractivity contribution in [3.63, 3.8) is 0 Å². The van der Waals surface area contributed by atoms with Gasteiger partial charge < -0.3 is 30.0 Å². The van der Waals surface area contributed by atoms with Gasteiger partial charge in [0.1, 0.15) is 0 Å². The normalized spacial score (nSPS) is 14.7. The van der Waals surface area contributed by atoms with Crippen molar-refractivity contribution in [2.24, 2.45) is 0 Å². The number of hydrogen-bond donors (Lipinski definition) is 5. The van der Waals surface area contributed by atoms with E-state index in [1.807, 2.05) is 58.9 Å². The van der Waals surface area contributed by atoms with Crippen LogP contribution in [-0.4, -0.2) is 60.4 Å². The largest absolute Gasteiger partial charge is 0.481 e. The number of methoxy groups -OCH3 is 1. The van der Waals surface area contributed by atoms with Crippen LogP contribution in [0.3, 0.4) is 0 Å². The summed E-state index contributed by atoms with van der Waals surface area (Å²) in [6.45, 7) is 11.6. The Bertz CT molecular complexity index is 1940. The van der Waals surface area contributed by atoms with Crippen molar-refractivity contribution in [1.29, 1.82) is 0 Å². The number of rotatable bonds is 9. The van der Waals surface area contributed by atoms with Gasteiger partial charge in [0.05, 0.1) is 35.0 Å². The predicted molar refractivity (Wildman–Crippen MR) is 175 cm³/mol. The second kappa shape index (κ2) is 12.5. The van der Waals surface area contributed by atoms with E-state index in [9.17, 15) is 24.9 Å². The van der Waals surface area contributed by atoms with Crippen molar-refractivity contribution in [2.45, 2.75) is 79.4 Å². The van der Waals surface area contributed by atoms with Gasteiger partial charge in [-0.2, -0.15) is 0 Å². The second-order valence-corrected chi connectivity index (χ2v) is 11.9. The van der Waals surface area contributed by atoms with Crippen LogP contribution in [0.25, 0.3) is 44.4 Å². The summed E-state index contributed by atoms with van der Waals surface area (Å²) in [5.41, 5.74) is 12.8. The highest BCUT2D eigenvalue weighted by molar-refractivity contribution is 5.96. The van der Waals surface area contributed by atoms with E-state index < -0.39 is 18.0 Å². The van der Waals surface area contributed by atoms with E-state index >= 15 is 0 Å². The fourth-order valence-electron chi connectivity index (χ4n) is 6.42. The van der Waals surface area contributed by atoms with E-state index in [1.165, 1.54) is 0 Å². The van der Waals surface area contributed by atoms with Gasteiger partial charge in [-0.05, 0) is 112 Å². The molecule has 45 heavy (non-hydrogen) atoms. The molecule has 0 aliphatic carbocycles. The standard InChI is InChI=1S/C35H40N4O6/c1-16-22(8-10-32(41)42)28-15-29-23(9-11-33(43)44)17(2)25(37-29)13-30-34(20(5)40)18(3)27(38-30)14-31-35(21(6)45-7)19(4)26(39-31)12-24(16)36-28/h12-15,20-21,37-38,40H,8-11H2,1-7H3,(H,41,42)(H,43,44). The highest BCUT2D eigenvalue weighted by Crippen LogP contribution is 2.38. The van der Waals surface area contributed by atoms with Gasteiger partial charge in [0.15, 0.2) is 0 Å². The Morgan fingerprint density at radius 3 is 1.98 bits per heavy atom. The average molecular weight is 613 g/mol. The van der Waals surface area contributed by atoms with E-state index in [1.54, 1.807) is 14.0 Å². The van der Waals surface area contributed by atoms with Crippen molar-refractivity contribution in [1.82, 2.24) is 19.9 Å². The first-order valence-corrected chi connectivity index (χ1v) is 15.1. The molecule has 8 bridgehead atoms. The van der Waals surface area contributed by atoms with Gasteiger partial charge in [-0.3, -0.25) is 9.59 Å². The quantitative estimate of drug-likeness (QED) is 0.177. The van der Waals surface area contributed by atoms with E-state index in [2.05, 4.69) is 9.97 Å². The molecule has 0 radical (unpaired) electrons. The van der Waals surface area contributed by atoms with Gasteiger partial charge in [-0.1, -0.05) is 0 Å². The summed E-state index contributed by atoms with van der Waals surface area (Å²) in [4.78, 5) is 40.2. The predicted octanol–water partition coefficient (Wildman–Crippen LogP) is 6.76. The molecule has 0 aromatic carbocycles. The maximum Gasteiger partial charge on any atom is 0.303 e. The van der Waals surface area contributed by atoms with E-state index in [4.69, 9.17) is 14.7 Å². The van der Waals surface area contributed by atoms with Crippen molar-refractivity contribution in [2.75, 3.05) is 7.11 Å². The molecule has 5 heterocycles. The fraction of sp³-hybridized carbons (Fsp3) is 0.371. The third kappa shape index (κ3) is 6.08. The number of allylic oxidation sites excluding steroid dienone is 3. The molecule has 10 heteroatoms. The number of carbonyl (C=O) groups is 2. The summed E-state index contributed by atoms with van der Waals surface area (Å²) in [7, 11) is 1.66. The van der Waals surface area contributed by atoms with Gasteiger partial charge in [-0.25, -0.2) is 9.97 Å². The zero-order valence-electron chi connectivity index (χ0n) is 26.8. The first-order chi connectivity index (χ1) is 21.3. The molecule has 2 aliphatic heterocycles. The molecule has 0 saturated carbocycles. The number of ether oxygens (including phenoxy) is 1. The van der Waals surface area contributed by atoms with Gasteiger partial charge in [0, 0.05) is 53.2 Å². The molecule has 3 aromatic rings. The number of nitrogens with one attached hydrogen (secondary N) is 2.